The van der Waals surface area contributed by atoms with Gasteiger partial charge in [-0.15, -0.1) is 0 Å². The van der Waals surface area contributed by atoms with Gasteiger partial charge in [0.25, 0.3) is 0 Å². The predicted molar refractivity (Wildman–Crippen MR) is 85.0 cm³/mol. The highest BCUT2D eigenvalue weighted by Crippen LogP contribution is 2.22. The molecule has 6 nitrogen and oxygen atoms in total. The van der Waals surface area contributed by atoms with Gasteiger partial charge < -0.3 is 15.0 Å². The molecular weight excluding hydrogens is 290 g/mol. The molecule has 0 aliphatic carbocycles. The Morgan fingerprint density at radius 1 is 1.24 bits per heavy atom. The van der Waals surface area contributed by atoms with E-state index in [0.717, 1.165) is 39.1 Å². The van der Waals surface area contributed by atoms with Gasteiger partial charge in [0.2, 0.25) is 17.2 Å². The summed E-state index contributed by atoms with van der Waals surface area (Å²) in [6, 6.07) is 0.289. The van der Waals surface area contributed by atoms with E-state index in [1.807, 2.05) is 0 Å². The lowest BCUT2D eigenvalue weighted by molar-refractivity contribution is 0.0621. The fourth-order valence-corrected chi connectivity index (χ4v) is 2.74. The summed E-state index contributed by atoms with van der Waals surface area (Å²) in [5, 5.41) is 3.60. The van der Waals surface area contributed by atoms with E-state index < -0.39 is 0 Å². The van der Waals surface area contributed by atoms with Crippen molar-refractivity contribution in [3.05, 3.63) is 5.28 Å². The Labute approximate surface area is 131 Å². The molecule has 21 heavy (non-hydrogen) atoms. The normalized spacial score (nSPS) is 17.5. The van der Waals surface area contributed by atoms with Gasteiger partial charge in [0.1, 0.15) is 0 Å². The Bertz CT molecular complexity index is 449. The molecule has 1 atom stereocenters. The maximum atomic E-state index is 6.03. The molecule has 1 N–H and O–H groups in total. The van der Waals surface area contributed by atoms with E-state index in [2.05, 4.69) is 45.9 Å². The Morgan fingerprint density at radius 3 is 2.52 bits per heavy atom. The van der Waals surface area contributed by atoms with Gasteiger partial charge in [-0.1, -0.05) is 0 Å². The summed E-state index contributed by atoms with van der Waals surface area (Å²) in [4.78, 5) is 14.9. The fourth-order valence-electron chi connectivity index (χ4n) is 2.59. The quantitative estimate of drug-likeness (QED) is 0.871. The van der Waals surface area contributed by atoms with Crippen molar-refractivity contribution in [1.82, 2.24) is 15.0 Å². The number of hydrogen-bond acceptors (Lipinski definition) is 6. The van der Waals surface area contributed by atoms with Gasteiger partial charge in [-0.05, 0) is 51.1 Å². The van der Waals surface area contributed by atoms with Gasteiger partial charge >= 0.3 is 0 Å². The van der Waals surface area contributed by atoms with Crippen molar-refractivity contribution in [2.75, 3.05) is 36.5 Å². The van der Waals surface area contributed by atoms with Crippen LogP contribution in [0.25, 0.3) is 0 Å². The van der Waals surface area contributed by atoms with Crippen LogP contribution in [0.15, 0.2) is 0 Å². The standard InChI is InChI=1S/C14H24ClN5O/c1-4-20(5-2)14-18-12(15)17-13(19-14)16-10(3)11-6-8-21-9-7-11/h10-11H,4-9H2,1-3H3,(H,16,17,18,19). The summed E-state index contributed by atoms with van der Waals surface area (Å²) in [5.74, 6) is 1.75. The van der Waals surface area contributed by atoms with Crippen molar-refractivity contribution in [3.63, 3.8) is 0 Å². The second-order valence-electron chi connectivity index (χ2n) is 5.28. The van der Waals surface area contributed by atoms with Crippen molar-refractivity contribution in [2.24, 2.45) is 5.92 Å². The van der Waals surface area contributed by atoms with Crippen molar-refractivity contribution < 1.29 is 4.74 Å². The van der Waals surface area contributed by atoms with Crippen molar-refractivity contribution >= 4 is 23.5 Å². The molecule has 1 saturated heterocycles. The van der Waals surface area contributed by atoms with E-state index in [9.17, 15) is 0 Å². The Morgan fingerprint density at radius 2 is 1.90 bits per heavy atom. The largest absolute Gasteiger partial charge is 0.381 e. The third-order valence-electron chi connectivity index (χ3n) is 3.97. The van der Waals surface area contributed by atoms with Crippen molar-refractivity contribution in [3.8, 4) is 0 Å². The van der Waals surface area contributed by atoms with Crippen LogP contribution in [-0.2, 0) is 4.74 Å². The van der Waals surface area contributed by atoms with E-state index in [1.165, 1.54) is 0 Å². The number of halogens is 1. The Kier molecular flexibility index (Phi) is 5.99. The molecule has 7 heteroatoms. The number of anilines is 2. The monoisotopic (exact) mass is 313 g/mol. The smallest absolute Gasteiger partial charge is 0.231 e. The Balaban J connectivity index is 2.08. The summed E-state index contributed by atoms with van der Waals surface area (Å²) in [6.07, 6.45) is 2.13. The van der Waals surface area contributed by atoms with E-state index in [1.54, 1.807) is 0 Å². The molecule has 0 spiro atoms. The zero-order valence-corrected chi connectivity index (χ0v) is 13.7. The van der Waals surface area contributed by atoms with Crippen LogP contribution in [0.5, 0.6) is 0 Å². The third kappa shape index (κ3) is 4.41. The molecule has 0 aromatic carbocycles. The van der Waals surface area contributed by atoms with Crippen molar-refractivity contribution in [2.45, 2.75) is 39.7 Å². The zero-order valence-electron chi connectivity index (χ0n) is 13.0. The molecule has 1 fully saturated rings. The number of rotatable bonds is 6. The lowest BCUT2D eigenvalue weighted by Gasteiger charge is -2.28. The number of ether oxygens (including phenoxy) is 1. The second kappa shape index (κ2) is 7.75. The second-order valence-corrected chi connectivity index (χ2v) is 5.62. The number of hydrogen-bond donors (Lipinski definition) is 1. The molecule has 0 radical (unpaired) electrons. The highest BCUT2D eigenvalue weighted by atomic mass is 35.5. The predicted octanol–water partition coefficient (Wildman–Crippen LogP) is 2.60. The minimum atomic E-state index is 0.230. The molecular formula is C14H24ClN5O. The molecule has 1 unspecified atom stereocenters. The zero-order chi connectivity index (χ0) is 15.2. The van der Waals surface area contributed by atoms with E-state index in [0.29, 0.717) is 17.8 Å². The van der Waals surface area contributed by atoms with Crippen LogP contribution < -0.4 is 10.2 Å². The average molecular weight is 314 g/mol. The minimum absolute atomic E-state index is 0.230. The molecule has 1 aliphatic heterocycles. The fraction of sp³-hybridized carbons (Fsp3) is 0.786. The summed E-state index contributed by atoms with van der Waals surface area (Å²) >= 11 is 6.03. The first-order valence-electron chi connectivity index (χ1n) is 7.64. The Hall–Kier alpha value is -1.14. The van der Waals surface area contributed by atoms with Gasteiger partial charge in [-0.3, -0.25) is 0 Å². The maximum Gasteiger partial charge on any atom is 0.231 e. The van der Waals surface area contributed by atoms with Gasteiger partial charge in [0, 0.05) is 32.3 Å². The highest BCUT2D eigenvalue weighted by Gasteiger charge is 2.21. The molecule has 1 aromatic heterocycles. The molecule has 118 valence electrons. The van der Waals surface area contributed by atoms with Crippen molar-refractivity contribution in [1.29, 1.82) is 0 Å². The molecule has 2 rings (SSSR count). The van der Waals surface area contributed by atoms with E-state index in [4.69, 9.17) is 16.3 Å². The van der Waals surface area contributed by atoms with Crippen LogP contribution in [0.3, 0.4) is 0 Å². The molecule has 2 heterocycles. The number of aromatic nitrogens is 3. The maximum absolute atomic E-state index is 6.03. The summed E-state index contributed by atoms with van der Waals surface area (Å²) in [5.41, 5.74) is 0. The molecule has 1 aromatic rings. The van der Waals surface area contributed by atoms with Crippen LogP contribution in [-0.4, -0.2) is 47.3 Å². The topological polar surface area (TPSA) is 63.2 Å². The van der Waals surface area contributed by atoms with Crippen LogP contribution in [0.2, 0.25) is 5.28 Å². The first kappa shape index (κ1) is 16.2. The van der Waals surface area contributed by atoms with Crippen LogP contribution in [0.4, 0.5) is 11.9 Å². The average Bonchev–Trinajstić information content (AvgIpc) is 2.49. The summed E-state index contributed by atoms with van der Waals surface area (Å²) < 4.78 is 5.40. The van der Waals surface area contributed by atoms with Gasteiger partial charge in [0.15, 0.2) is 0 Å². The summed E-state index contributed by atoms with van der Waals surface area (Å²) in [6.45, 7) is 9.64. The van der Waals surface area contributed by atoms with Gasteiger partial charge in [-0.2, -0.15) is 15.0 Å². The lowest BCUT2D eigenvalue weighted by Crippen LogP contribution is -2.32. The molecule has 0 saturated carbocycles. The van der Waals surface area contributed by atoms with Crippen LogP contribution in [0.1, 0.15) is 33.6 Å². The van der Waals surface area contributed by atoms with E-state index in [-0.39, 0.29) is 11.3 Å². The molecule has 0 bridgehead atoms. The lowest BCUT2D eigenvalue weighted by atomic mass is 9.93. The third-order valence-corrected chi connectivity index (χ3v) is 4.14. The SMILES string of the molecule is CCN(CC)c1nc(Cl)nc(NC(C)C2CCOCC2)n1. The number of nitrogens with zero attached hydrogens (tertiary/aromatic N) is 4. The number of nitrogens with one attached hydrogen (secondary N) is 1. The molecule has 1 aliphatic rings. The van der Waals surface area contributed by atoms with E-state index >= 15 is 0 Å². The van der Waals surface area contributed by atoms with Gasteiger partial charge in [-0.25, -0.2) is 0 Å². The minimum Gasteiger partial charge on any atom is -0.381 e. The van der Waals surface area contributed by atoms with Gasteiger partial charge in [0.05, 0.1) is 0 Å². The first-order chi connectivity index (χ1) is 10.1. The highest BCUT2D eigenvalue weighted by molar-refractivity contribution is 6.28. The molecule has 0 amide bonds. The first-order valence-corrected chi connectivity index (χ1v) is 8.02. The van der Waals surface area contributed by atoms with Crippen LogP contribution in [0, 0.1) is 5.92 Å². The summed E-state index contributed by atoms with van der Waals surface area (Å²) in [7, 11) is 0. The van der Waals surface area contributed by atoms with Crippen LogP contribution >= 0.6 is 11.6 Å².